The van der Waals surface area contributed by atoms with Crippen molar-refractivity contribution in [1.29, 1.82) is 0 Å². The fraction of sp³-hybridized carbons (Fsp3) is 0.667. The van der Waals surface area contributed by atoms with Crippen LogP contribution in [-0.2, 0) is 4.74 Å². The normalized spacial score (nSPS) is 28.2. The second-order valence-corrected chi connectivity index (χ2v) is 6.87. The summed E-state index contributed by atoms with van der Waals surface area (Å²) in [4.78, 5) is 21.4. The highest BCUT2D eigenvalue weighted by atomic mass is 16.5. The number of rotatable bonds is 4. The first-order valence-electron chi connectivity index (χ1n) is 8.56. The molecule has 1 aromatic heterocycles. The number of methoxy groups -OCH3 is 1. The number of nitrogens with zero attached hydrogens (tertiary/aromatic N) is 3. The van der Waals surface area contributed by atoms with E-state index in [0.29, 0.717) is 23.8 Å². The van der Waals surface area contributed by atoms with Gasteiger partial charge in [-0.2, -0.15) is 0 Å². The Morgan fingerprint density at radius 2 is 2.17 bits per heavy atom. The Kier molecular flexibility index (Phi) is 4.97. The van der Waals surface area contributed by atoms with E-state index in [1.54, 1.807) is 19.5 Å². The van der Waals surface area contributed by atoms with Crippen molar-refractivity contribution in [3.05, 3.63) is 29.6 Å². The molecule has 23 heavy (non-hydrogen) atoms. The summed E-state index contributed by atoms with van der Waals surface area (Å²) >= 11 is 0. The molecule has 1 unspecified atom stereocenters. The van der Waals surface area contributed by atoms with Crippen LogP contribution in [0, 0.1) is 6.92 Å². The predicted molar refractivity (Wildman–Crippen MR) is 89.5 cm³/mol. The van der Waals surface area contributed by atoms with Gasteiger partial charge in [0.15, 0.2) is 0 Å². The van der Waals surface area contributed by atoms with Gasteiger partial charge >= 0.3 is 0 Å². The van der Waals surface area contributed by atoms with Gasteiger partial charge in [0.1, 0.15) is 0 Å². The van der Waals surface area contributed by atoms with Crippen LogP contribution in [0.5, 0.6) is 0 Å². The number of carbonyl (C=O) groups is 1. The highest BCUT2D eigenvalue weighted by Gasteiger charge is 2.39. The zero-order valence-electron chi connectivity index (χ0n) is 14.4. The van der Waals surface area contributed by atoms with Crippen molar-refractivity contribution in [2.45, 2.75) is 50.8 Å². The molecule has 2 fully saturated rings. The largest absolute Gasteiger partial charge is 0.380 e. The number of likely N-dealkylation sites (tertiary alicyclic amines) is 1. The molecule has 5 heteroatoms. The quantitative estimate of drug-likeness (QED) is 0.853. The molecule has 2 aliphatic rings. The molecule has 0 aromatic carbocycles. The van der Waals surface area contributed by atoms with E-state index in [0.717, 1.165) is 31.5 Å². The molecule has 3 atom stereocenters. The fourth-order valence-corrected chi connectivity index (χ4v) is 4.07. The first-order valence-corrected chi connectivity index (χ1v) is 8.56. The van der Waals surface area contributed by atoms with E-state index in [2.05, 4.69) is 9.88 Å². The van der Waals surface area contributed by atoms with Gasteiger partial charge in [-0.05, 0) is 44.2 Å². The van der Waals surface area contributed by atoms with Crippen LogP contribution in [0.1, 0.15) is 41.6 Å². The van der Waals surface area contributed by atoms with Crippen molar-refractivity contribution in [2.24, 2.45) is 0 Å². The Bertz CT molecular complexity index is 563. The van der Waals surface area contributed by atoms with E-state index >= 15 is 0 Å². The lowest BCUT2D eigenvalue weighted by Crippen LogP contribution is -2.49. The molecule has 1 aliphatic carbocycles. The summed E-state index contributed by atoms with van der Waals surface area (Å²) in [6, 6.07) is 2.67. The Morgan fingerprint density at radius 3 is 2.87 bits per heavy atom. The molecular formula is C18H27N3O2. The molecule has 0 radical (unpaired) electrons. The summed E-state index contributed by atoms with van der Waals surface area (Å²) in [6.45, 7) is 4.04. The topological polar surface area (TPSA) is 45.7 Å². The van der Waals surface area contributed by atoms with E-state index < -0.39 is 0 Å². The summed E-state index contributed by atoms with van der Waals surface area (Å²) in [7, 11) is 3.73. The van der Waals surface area contributed by atoms with Gasteiger partial charge in [-0.3, -0.25) is 14.7 Å². The molecule has 1 aromatic rings. The number of pyridine rings is 1. The van der Waals surface area contributed by atoms with Gasteiger partial charge in [0.05, 0.1) is 11.7 Å². The van der Waals surface area contributed by atoms with Crippen molar-refractivity contribution in [3.8, 4) is 0 Å². The monoisotopic (exact) mass is 317 g/mol. The molecule has 1 saturated carbocycles. The van der Waals surface area contributed by atoms with Crippen molar-refractivity contribution in [3.63, 3.8) is 0 Å². The summed E-state index contributed by atoms with van der Waals surface area (Å²) in [5.74, 6) is 0.0839. The Morgan fingerprint density at radius 1 is 1.35 bits per heavy atom. The zero-order valence-corrected chi connectivity index (χ0v) is 14.4. The van der Waals surface area contributed by atoms with Crippen molar-refractivity contribution in [1.82, 2.24) is 14.8 Å². The number of hydrogen-bond donors (Lipinski definition) is 0. The third kappa shape index (κ3) is 3.40. The van der Waals surface area contributed by atoms with Crippen LogP contribution in [0.2, 0.25) is 0 Å². The molecule has 5 nitrogen and oxygen atoms in total. The molecule has 1 aliphatic heterocycles. The molecule has 0 N–H and O–H groups in total. The van der Waals surface area contributed by atoms with Gasteiger partial charge < -0.3 is 9.64 Å². The number of likely N-dealkylation sites (N-methyl/N-ethyl adjacent to an activating group) is 1. The first-order chi connectivity index (χ1) is 11.1. The lowest BCUT2D eigenvalue weighted by molar-refractivity contribution is 0.0605. The summed E-state index contributed by atoms with van der Waals surface area (Å²) in [5.41, 5.74) is 1.71. The minimum Gasteiger partial charge on any atom is -0.380 e. The maximum absolute atomic E-state index is 12.8. The maximum atomic E-state index is 12.8. The van der Waals surface area contributed by atoms with Crippen LogP contribution in [0.15, 0.2) is 18.5 Å². The number of aromatic nitrogens is 1. The van der Waals surface area contributed by atoms with Crippen LogP contribution in [0.4, 0.5) is 0 Å². The molecule has 0 spiro atoms. The van der Waals surface area contributed by atoms with Gasteiger partial charge in [-0.1, -0.05) is 0 Å². The third-order valence-corrected chi connectivity index (χ3v) is 5.36. The number of hydrogen-bond acceptors (Lipinski definition) is 4. The average molecular weight is 317 g/mol. The highest BCUT2D eigenvalue weighted by Crippen LogP contribution is 2.31. The molecule has 2 heterocycles. The summed E-state index contributed by atoms with van der Waals surface area (Å²) < 4.78 is 5.50. The van der Waals surface area contributed by atoms with Crippen molar-refractivity contribution in [2.75, 3.05) is 27.2 Å². The lowest BCUT2D eigenvalue weighted by atomic mass is 10.1. The second-order valence-electron chi connectivity index (χ2n) is 6.87. The van der Waals surface area contributed by atoms with E-state index in [-0.39, 0.29) is 5.91 Å². The summed E-state index contributed by atoms with van der Waals surface area (Å²) in [6.07, 6.45) is 8.34. The highest BCUT2D eigenvalue weighted by molar-refractivity contribution is 5.94. The average Bonchev–Trinajstić information content (AvgIpc) is 3.21. The van der Waals surface area contributed by atoms with E-state index in [1.165, 1.54) is 12.8 Å². The number of amides is 1. The molecule has 3 rings (SSSR count). The Hall–Kier alpha value is -1.46. The number of ether oxygens (including phenoxy) is 1. The second kappa shape index (κ2) is 6.97. The van der Waals surface area contributed by atoms with E-state index in [4.69, 9.17) is 4.74 Å². The van der Waals surface area contributed by atoms with Gasteiger partial charge in [0, 0.05) is 51.7 Å². The molecular weight excluding hydrogens is 290 g/mol. The van der Waals surface area contributed by atoms with Crippen LogP contribution in [0.25, 0.3) is 0 Å². The van der Waals surface area contributed by atoms with Crippen LogP contribution >= 0.6 is 0 Å². The maximum Gasteiger partial charge on any atom is 0.255 e. The third-order valence-electron chi connectivity index (χ3n) is 5.36. The lowest BCUT2D eigenvalue weighted by Gasteiger charge is -2.35. The van der Waals surface area contributed by atoms with E-state index in [9.17, 15) is 4.79 Å². The molecule has 1 saturated heterocycles. The first kappa shape index (κ1) is 16.4. The van der Waals surface area contributed by atoms with Crippen LogP contribution < -0.4 is 0 Å². The molecule has 126 valence electrons. The van der Waals surface area contributed by atoms with Gasteiger partial charge in [0.25, 0.3) is 5.91 Å². The fourth-order valence-electron chi connectivity index (χ4n) is 4.07. The van der Waals surface area contributed by atoms with Crippen molar-refractivity contribution >= 4 is 5.91 Å². The van der Waals surface area contributed by atoms with Crippen LogP contribution in [-0.4, -0.2) is 66.1 Å². The molecule has 0 bridgehead atoms. The van der Waals surface area contributed by atoms with Gasteiger partial charge in [-0.15, -0.1) is 0 Å². The Balaban J connectivity index is 1.70. The SMILES string of the molecule is COC1CCN([C@H]2CCC[C@H]2N(C)C(=O)c2cncc(C)c2)C1. The van der Waals surface area contributed by atoms with Crippen LogP contribution in [0.3, 0.4) is 0 Å². The smallest absolute Gasteiger partial charge is 0.255 e. The zero-order chi connectivity index (χ0) is 16.4. The van der Waals surface area contributed by atoms with Gasteiger partial charge in [0.2, 0.25) is 0 Å². The number of aryl methyl sites for hydroxylation is 1. The summed E-state index contributed by atoms with van der Waals surface area (Å²) in [5, 5.41) is 0. The predicted octanol–water partition coefficient (Wildman–Crippen LogP) is 2.10. The minimum absolute atomic E-state index is 0.0839. The van der Waals surface area contributed by atoms with Crippen molar-refractivity contribution < 1.29 is 9.53 Å². The van der Waals surface area contributed by atoms with E-state index in [1.807, 2.05) is 24.9 Å². The standard InChI is InChI=1S/C18H27N3O2/c1-13-9-14(11-19-10-13)18(22)20(2)16-5-4-6-17(16)21-8-7-15(12-21)23-3/h9-11,15-17H,4-8,12H2,1-3H3/t15?,16-,17+/m1/s1. The van der Waals surface area contributed by atoms with Gasteiger partial charge in [-0.25, -0.2) is 0 Å². The Labute approximate surface area is 138 Å². The molecule has 1 amide bonds. The number of carbonyl (C=O) groups excluding carboxylic acids is 1. The minimum atomic E-state index is 0.0839.